The average molecular weight is 589 g/mol. The zero-order valence-electron chi connectivity index (χ0n) is 21.9. The molecule has 1 atom stereocenters. The van der Waals surface area contributed by atoms with E-state index < -0.39 is 44.7 Å². The fourth-order valence-electron chi connectivity index (χ4n) is 5.77. The minimum atomic E-state index is -5.18. The Morgan fingerprint density at radius 1 is 1.10 bits per heavy atom. The molecule has 0 radical (unpaired) electrons. The summed E-state index contributed by atoms with van der Waals surface area (Å²) in [4.78, 5) is 10.9. The van der Waals surface area contributed by atoms with Crippen LogP contribution in [0.2, 0.25) is 0 Å². The second kappa shape index (κ2) is 10.4. The lowest BCUT2D eigenvalue weighted by Gasteiger charge is -2.42. The first-order valence-electron chi connectivity index (χ1n) is 13.0. The third-order valence-corrected chi connectivity index (χ3v) is 9.08. The maximum Gasteiger partial charge on any atom is 0.419 e. The van der Waals surface area contributed by atoms with Gasteiger partial charge in [0, 0.05) is 44.5 Å². The Balaban J connectivity index is 1.54. The summed E-state index contributed by atoms with van der Waals surface area (Å²) in [6, 6.07) is 0.0718. The molecule has 15 heteroatoms. The van der Waals surface area contributed by atoms with Crippen LogP contribution in [0.3, 0.4) is 0 Å². The Morgan fingerprint density at radius 2 is 1.80 bits per heavy atom. The summed E-state index contributed by atoms with van der Waals surface area (Å²) in [7, 11) is -1.94. The zero-order valence-corrected chi connectivity index (χ0v) is 22.7. The molecular weight excluding hydrogens is 559 g/mol. The molecule has 1 N–H and O–H groups in total. The van der Waals surface area contributed by atoms with E-state index in [1.165, 1.54) is 34.9 Å². The number of sulfonamides is 1. The number of halogens is 5. The minimum Gasteiger partial charge on any atom is -0.503 e. The number of aryl methyl sites for hydroxylation is 1. The molecule has 0 bridgehead atoms. The van der Waals surface area contributed by atoms with Gasteiger partial charge in [0.25, 0.3) is 0 Å². The Kier molecular flexibility index (Phi) is 7.40. The fourth-order valence-corrected chi connectivity index (χ4v) is 6.62. The fraction of sp³-hybridized carbons (Fsp3) is 0.560. The highest BCUT2D eigenvalue weighted by atomic mass is 32.2. The molecule has 3 heterocycles. The number of hydrogen-bond acceptors (Lipinski definition) is 7. The number of aromatic hydroxyl groups is 1. The van der Waals surface area contributed by atoms with Crippen molar-refractivity contribution in [2.75, 3.05) is 30.8 Å². The van der Waals surface area contributed by atoms with Gasteiger partial charge in [-0.15, -0.1) is 0 Å². The molecule has 2 aliphatic rings. The van der Waals surface area contributed by atoms with Crippen molar-refractivity contribution in [3.8, 4) is 17.0 Å². The third-order valence-electron chi connectivity index (χ3n) is 7.81. The molecule has 1 saturated heterocycles. The smallest absolute Gasteiger partial charge is 0.419 e. The van der Waals surface area contributed by atoms with Crippen LogP contribution in [0.4, 0.5) is 27.9 Å². The van der Waals surface area contributed by atoms with Crippen LogP contribution < -0.4 is 4.90 Å². The highest BCUT2D eigenvalue weighted by Gasteiger charge is 2.39. The summed E-state index contributed by atoms with van der Waals surface area (Å²) in [6.07, 6.45) is 3.60. The Morgan fingerprint density at radius 3 is 2.45 bits per heavy atom. The van der Waals surface area contributed by atoms with Crippen molar-refractivity contribution < 1.29 is 35.5 Å². The molecule has 2 fully saturated rings. The van der Waals surface area contributed by atoms with Gasteiger partial charge >= 0.3 is 6.18 Å². The lowest BCUT2D eigenvalue weighted by atomic mass is 9.84. The number of aromatic nitrogens is 4. The molecule has 2 aromatic heterocycles. The first kappa shape index (κ1) is 28.5. The molecule has 0 spiro atoms. The van der Waals surface area contributed by atoms with Gasteiger partial charge in [-0.25, -0.2) is 26.9 Å². The van der Waals surface area contributed by atoms with Crippen LogP contribution in [0.25, 0.3) is 22.3 Å². The number of anilines is 1. The average Bonchev–Trinajstić information content (AvgIpc) is 3.22. The Labute approximate surface area is 227 Å². The van der Waals surface area contributed by atoms with Crippen LogP contribution in [-0.2, 0) is 23.2 Å². The molecule has 218 valence electrons. The molecule has 3 aromatic rings. The molecule has 1 aliphatic heterocycles. The van der Waals surface area contributed by atoms with Gasteiger partial charge in [-0.2, -0.15) is 27.6 Å². The predicted molar refractivity (Wildman–Crippen MR) is 137 cm³/mol. The van der Waals surface area contributed by atoms with Crippen molar-refractivity contribution in [1.82, 2.24) is 24.1 Å². The lowest BCUT2D eigenvalue weighted by molar-refractivity contribution is -0.140. The molecule has 0 unspecified atom stereocenters. The Hall–Kier alpha value is -3.07. The summed E-state index contributed by atoms with van der Waals surface area (Å²) in [5, 5.41) is 14.0. The van der Waals surface area contributed by atoms with Gasteiger partial charge in [-0.05, 0) is 18.4 Å². The molecule has 9 nitrogen and oxygen atoms in total. The van der Waals surface area contributed by atoms with Crippen LogP contribution in [0, 0.1) is 17.6 Å². The van der Waals surface area contributed by atoms with Crippen LogP contribution in [-0.4, -0.2) is 69.5 Å². The van der Waals surface area contributed by atoms with E-state index in [4.69, 9.17) is 0 Å². The predicted octanol–water partition coefficient (Wildman–Crippen LogP) is 4.45. The number of phenolic OH excluding ortho intramolecular Hbond substituents is 1. The number of rotatable bonds is 5. The van der Waals surface area contributed by atoms with Crippen LogP contribution in [0.1, 0.15) is 44.1 Å². The van der Waals surface area contributed by atoms with E-state index in [1.54, 1.807) is 0 Å². The highest BCUT2D eigenvalue weighted by Crippen LogP contribution is 2.41. The maximum absolute atomic E-state index is 14.8. The Bertz CT molecular complexity index is 1540. The van der Waals surface area contributed by atoms with E-state index in [9.17, 15) is 35.5 Å². The molecule has 1 aliphatic carbocycles. The normalized spacial score (nSPS) is 20.0. The topological polar surface area (TPSA) is 104 Å². The summed E-state index contributed by atoms with van der Waals surface area (Å²) < 4.78 is 96.3. The number of benzene rings is 1. The van der Waals surface area contributed by atoms with Gasteiger partial charge in [0.15, 0.2) is 23.0 Å². The van der Waals surface area contributed by atoms with E-state index in [0.717, 1.165) is 32.1 Å². The lowest BCUT2D eigenvalue weighted by Crippen LogP contribution is -2.55. The molecule has 0 amide bonds. The molecule has 1 aromatic carbocycles. The molecule has 1 saturated carbocycles. The van der Waals surface area contributed by atoms with Gasteiger partial charge < -0.3 is 10.0 Å². The van der Waals surface area contributed by atoms with Crippen molar-refractivity contribution >= 4 is 27.0 Å². The largest absolute Gasteiger partial charge is 0.503 e. The second-order valence-corrected chi connectivity index (χ2v) is 12.5. The van der Waals surface area contributed by atoms with Crippen molar-refractivity contribution in [2.45, 2.75) is 50.7 Å². The van der Waals surface area contributed by atoms with Crippen molar-refractivity contribution in [1.29, 1.82) is 0 Å². The maximum atomic E-state index is 14.8. The van der Waals surface area contributed by atoms with E-state index in [2.05, 4.69) is 15.1 Å². The second-order valence-electron chi connectivity index (χ2n) is 10.5. The van der Waals surface area contributed by atoms with E-state index in [1.807, 2.05) is 4.90 Å². The SMILES string of the molecule is Cn1nc(-c2cc(C(F)(F)F)c(F)c(O)c2F)c2cnc(N3CCN(S(C)(=O)=O)C[C@H]3CC3CCCCC3)nc21. The molecule has 5 rings (SSSR count). The van der Waals surface area contributed by atoms with Crippen molar-refractivity contribution in [3.05, 3.63) is 29.5 Å². The summed E-state index contributed by atoms with van der Waals surface area (Å²) in [5.74, 6) is -4.72. The molecular formula is C25H29F5N6O3S. The molecule has 40 heavy (non-hydrogen) atoms. The van der Waals surface area contributed by atoms with Gasteiger partial charge in [-0.1, -0.05) is 32.1 Å². The highest BCUT2D eigenvalue weighted by molar-refractivity contribution is 7.88. The minimum absolute atomic E-state index is 0.0999. The van der Waals surface area contributed by atoms with Crippen molar-refractivity contribution in [3.63, 3.8) is 0 Å². The van der Waals surface area contributed by atoms with Gasteiger partial charge in [0.05, 0.1) is 17.2 Å². The first-order valence-corrected chi connectivity index (χ1v) is 14.8. The standard InChI is InChI=1S/C25H29F5N6O3S/c1-34-23-17(21(33-34)16-11-18(25(28,29)30)20(27)22(37)19(16)26)12-31-24(32-23)36-9-8-35(40(2,38)39)13-15(36)10-14-6-4-3-5-7-14/h11-12,14-15,37H,3-10,13H2,1-2H3/t15-/m1/s1. The number of phenols is 1. The van der Waals surface area contributed by atoms with E-state index >= 15 is 0 Å². The van der Waals surface area contributed by atoms with Gasteiger partial charge in [0.2, 0.25) is 16.0 Å². The number of alkyl halides is 3. The van der Waals surface area contributed by atoms with Gasteiger partial charge in [-0.3, -0.25) is 0 Å². The number of hydrogen-bond donors (Lipinski definition) is 1. The van der Waals surface area contributed by atoms with Gasteiger partial charge in [0.1, 0.15) is 5.69 Å². The van der Waals surface area contributed by atoms with Crippen molar-refractivity contribution in [2.24, 2.45) is 13.0 Å². The number of nitrogens with zero attached hydrogens (tertiary/aromatic N) is 6. The third kappa shape index (κ3) is 5.32. The summed E-state index contributed by atoms with van der Waals surface area (Å²) in [6.45, 7) is 0.835. The van der Waals surface area contributed by atoms with E-state index in [0.29, 0.717) is 12.5 Å². The number of piperazine rings is 1. The summed E-state index contributed by atoms with van der Waals surface area (Å²) >= 11 is 0. The number of fused-ring (bicyclic) bond motifs is 1. The van der Waals surface area contributed by atoms with Crippen LogP contribution in [0.5, 0.6) is 5.75 Å². The monoisotopic (exact) mass is 588 g/mol. The van der Waals surface area contributed by atoms with E-state index in [-0.39, 0.29) is 47.9 Å². The van der Waals surface area contributed by atoms with Crippen LogP contribution >= 0.6 is 0 Å². The first-order chi connectivity index (χ1) is 18.8. The summed E-state index contributed by atoms with van der Waals surface area (Å²) in [5.41, 5.74) is -2.68. The van der Waals surface area contributed by atoms with Crippen LogP contribution in [0.15, 0.2) is 12.3 Å². The quantitative estimate of drug-likeness (QED) is 0.439. The zero-order chi connectivity index (χ0) is 29.0.